The Morgan fingerprint density at radius 3 is 2.83 bits per heavy atom. The van der Waals surface area contributed by atoms with E-state index in [1.54, 1.807) is 0 Å². The summed E-state index contributed by atoms with van der Waals surface area (Å²) in [5.74, 6) is 0. The van der Waals surface area contributed by atoms with E-state index in [0.717, 1.165) is 32.7 Å². The lowest BCUT2D eigenvalue weighted by atomic mass is 10.00. The number of benzene rings is 1. The fourth-order valence-electron chi connectivity index (χ4n) is 2.44. The zero-order chi connectivity index (χ0) is 12.8. The Balaban J connectivity index is 2.09. The molecule has 2 unspecified atom stereocenters. The van der Waals surface area contributed by atoms with Crippen LogP contribution in [-0.2, 0) is 4.74 Å². The van der Waals surface area contributed by atoms with Gasteiger partial charge in [-0.2, -0.15) is 0 Å². The van der Waals surface area contributed by atoms with E-state index in [4.69, 9.17) is 4.74 Å². The summed E-state index contributed by atoms with van der Waals surface area (Å²) in [5.41, 5.74) is 1.33. The van der Waals surface area contributed by atoms with Crippen molar-refractivity contribution < 1.29 is 4.74 Å². The largest absolute Gasteiger partial charge is 0.374 e. The minimum absolute atomic E-state index is 0.248. The summed E-state index contributed by atoms with van der Waals surface area (Å²) >= 11 is 0. The van der Waals surface area contributed by atoms with Crippen LogP contribution in [0.4, 0.5) is 0 Å². The molecule has 2 atom stereocenters. The lowest BCUT2D eigenvalue weighted by molar-refractivity contribution is -0.0392. The van der Waals surface area contributed by atoms with Crippen LogP contribution in [0.15, 0.2) is 30.3 Å². The maximum absolute atomic E-state index is 5.96. The fourth-order valence-corrected chi connectivity index (χ4v) is 2.44. The quantitative estimate of drug-likeness (QED) is 0.863. The average Bonchev–Trinajstić information content (AvgIpc) is 2.40. The molecule has 1 fully saturated rings. The minimum Gasteiger partial charge on any atom is -0.374 e. The van der Waals surface area contributed by atoms with Gasteiger partial charge < -0.3 is 15.0 Å². The third-order valence-electron chi connectivity index (χ3n) is 3.44. The molecule has 1 N–H and O–H groups in total. The van der Waals surface area contributed by atoms with Crippen LogP contribution in [0.1, 0.15) is 24.9 Å². The SMILES string of the molecule is CCCNC(c1ccccc1)C1CN(C)CCO1. The zero-order valence-corrected chi connectivity index (χ0v) is 11.4. The summed E-state index contributed by atoms with van der Waals surface area (Å²) in [4.78, 5) is 2.34. The molecule has 0 saturated carbocycles. The molecule has 1 saturated heterocycles. The van der Waals surface area contributed by atoms with Crippen molar-refractivity contribution in [2.24, 2.45) is 0 Å². The van der Waals surface area contributed by atoms with E-state index in [-0.39, 0.29) is 6.10 Å². The van der Waals surface area contributed by atoms with E-state index in [0.29, 0.717) is 6.04 Å². The molecule has 1 aliphatic heterocycles. The molecular weight excluding hydrogens is 224 g/mol. The third kappa shape index (κ3) is 3.55. The Labute approximate surface area is 110 Å². The number of hydrogen-bond acceptors (Lipinski definition) is 3. The van der Waals surface area contributed by atoms with Gasteiger partial charge in [0.2, 0.25) is 0 Å². The predicted octanol–water partition coefficient (Wildman–Crippen LogP) is 2.06. The summed E-state index contributed by atoms with van der Waals surface area (Å²) in [5, 5.41) is 3.62. The molecule has 3 nitrogen and oxygen atoms in total. The van der Waals surface area contributed by atoms with Crippen molar-refractivity contribution in [1.82, 2.24) is 10.2 Å². The Kier molecular flexibility index (Phi) is 5.17. The summed E-state index contributed by atoms with van der Waals surface area (Å²) in [6, 6.07) is 10.9. The average molecular weight is 248 g/mol. The first-order valence-corrected chi connectivity index (χ1v) is 6.89. The Morgan fingerprint density at radius 2 is 2.17 bits per heavy atom. The molecule has 1 heterocycles. The minimum atomic E-state index is 0.248. The van der Waals surface area contributed by atoms with Crippen molar-refractivity contribution in [2.45, 2.75) is 25.5 Å². The van der Waals surface area contributed by atoms with Crippen molar-refractivity contribution >= 4 is 0 Å². The third-order valence-corrected chi connectivity index (χ3v) is 3.44. The molecule has 1 aromatic carbocycles. The number of morpholine rings is 1. The first-order valence-electron chi connectivity index (χ1n) is 6.89. The number of hydrogen-bond donors (Lipinski definition) is 1. The van der Waals surface area contributed by atoms with Crippen molar-refractivity contribution in [3.8, 4) is 0 Å². The number of ether oxygens (including phenoxy) is 1. The van der Waals surface area contributed by atoms with Gasteiger partial charge >= 0.3 is 0 Å². The smallest absolute Gasteiger partial charge is 0.0896 e. The molecule has 1 aliphatic rings. The fraction of sp³-hybridized carbons (Fsp3) is 0.600. The van der Waals surface area contributed by atoms with Gasteiger partial charge in [0.25, 0.3) is 0 Å². The lowest BCUT2D eigenvalue weighted by Crippen LogP contribution is -2.46. The second-order valence-corrected chi connectivity index (χ2v) is 5.01. The molecule has 0 amide bonds. The van der Waals surface area contributed by atoms with Crippen LogP contribution in [0.3, 0.4) is 0 Å². The summed E-state index contributed by atoms with van der Waals surface area (Å²) < 4.78 is 5.96. The zero-order valence-electron chi connectivity index (χ0n) is 11.4. The van der Waals surface area contributed by atoms with E-state index < -0.39 is 0 Å². The summed E-state index contributed by atoms with van der Waals surface area (Å²) in [6.07, 6.45) is 1.39. The maximum Gasteiger partial charge on any atom is 0.0896 e. The molecule has 100 valence electrons. The first-order chi connectivity index (χ1) is 8.81. The summed E-state index contributed by atoms with van der Waals surface area (Å²) in [6.45, 7) is 6.09. The molecule has 3 heteroatoms. The van der Waals surface area contributed by atoms with Crippen LogP contribution >= 0.6 is 0 Å². The Morgan fingerprint density at radius 1 is 1.39 bits per heavy atom. The van der Waals surface area contributed by atoms with E-state index in [2.05, 4.69) is 54.5 Å². The normalized spacial score (nSPS) is 22.9. The number of nitrogens with one attached hydrogen (secondary N) is 1. The topological polar surface area (TPSA) is 24.5 Å². The summed E-state index contributed by atoms with van der Waals surface area (Å²) in [7, 11) is 2.16. The van der Waals surface area contributed by atoms with E-state index in [9.17, 15) is 0 Å². The highest BCUT2D eigenvalue weighted by molar-refractivity contribution is 5.20. The van der Waals surface area contributed by atoms with Gasteiger partial charge in [-0.25, -0.2) is 0 Å². The van der Waals surface area contributed by atoms with Crippen LogP contribution < -0.4 is 5.32 Å². The maximum atomic E-state index is 5.96. The van der Waals surface area contributed by atoms with Crippen LogP contribution in [0.25, 0.3) is 0 Å². The van der Waals surface area contributed by atoms with E-state index in [1.807, 2.05) is 0 Å². The highest BCUT2D eigenvalue weighted by atomic mass is 16.5. The molecule has 0 bridgehead atoms. The molecule has 0 spiro atoms. The van der Waals surface area contributed by atoms with Crippen molar-refractivity contribution in [1.29, 1.82) is 0 Å². The Hall–Kier alpha value is -0.900. The van der Waals surface area contributed by atoms with Gasteiger partial charge in [0.1, 0.15) is 0 Å². The van der Waals surface area contributed by atoms with Gasteiger partial charge in [0.05, 0.1) is 18.8 Å². The number of likely N-dealkylation sites (N-methyl/N-ethyl adjacent to an activating group) is 1. The second kappa shape index (κ2) is 6.88. The molecule has 0 aliphatic carbocycles. The number of rotatable bonds is 5. The molecule has 1 aromatic rings. The van der Waals surface area contributed by atoms with Crippen LogP contribution in [0, 0.1) is 0 Å². The van der Waals surface area contributed by atoms with Gasteiger partial charge in [0, 0.05) is 13.1 Å². The van der Waals surface area contributed by atoms with Crippen molar-refractivity contribution in [3.05, 3.63) is 35.9 Å². The van der Waals surface area contributed by atoms with E-state index >= 15 is 0 Å². The van der Waals surface area contributed by atoms with Crippen LogP contribution in [-0.4, -0.2) is 44.3 Å². The van der Waals surface area contributed by atoms with Crippen LogP contribution in [0.2, 0.25) is 0 Å². The molecule has 2 rings (SSSR count). The molecule has 18 heavy (non-hydrogen) atoms. The van der Waals surface area contributed by atoms with Gasteiger partial charge in [-0.05, 0) is 25.6 Å². The highest BCUT2D eigenvalue weighted by Crippen LogP contribution is 2.22. The Bertz CT molecular complexity index is 342. The highest BCUT2D eigenvalue weighted by Gasteiger charge is 2.27. The van der Waals surface area contributed by atoms with Gasteiger partial charge in [-0.3, -0.25) is 0 Å². The number of nitrogens with zero attached hydrogens (tertiary/aromatic N) is 1. The standard InChI is InChI=1S/C15H24N2O/c1-3-9-16-15(13-7-5-4-6-8-13)14-12-17(2)10-11-18-14/h4-8,14-16H,3,9-12H2,1-2H3. The second-order valence-electron chi connectivity index (χ2n) is 5.01. The monoisotopic (exact) mass is 248 g/mol. The van der Waals surface area contributed by atoms with Gasteiger partial charge in [-0.1, -0.05) is 37.3 Å². The molecular formula is C15H24N2O. The van der Waals surface area contributed by atoms with Gasteiger partial charge in [0.15, 0.2) is 0 Å². The molecule has 0 radical (unpaired) electrons. The van der Waals surface area contributed by atoms with E-state index in [1.165, 1.54) is 5.56 Å². The lowest BCUT2D eigenvalue weighted by Gasteiger charge is -2.36. The van der Waals surface area contributed by atoms with Crippen LogP contribution in [0.5, 0.6) is 0 Å². The van der Waals surface area contributed by atoms with Crippen molar-refractivity contribution in [2.75, 3.05) is 33.3 Å². The van der Waals surface area contributed by atoms with Crippen molar-refractivity contribution in [3.63, 3.8) is 0 Å². The van der Waals surface area contributed by atoms with Gasteiger partial charge in [-0.15, -0.1) is 0 Å². The first kappa shape index (κ1) is 13.5. The predicted molar refractivity (Wildman–Crippen MR) is 74.7 cm³/mol. The molecule has 0 aromatic heterocycles.